The zero-order valence-electron chi connectivity index (χ0n) is 20.2. The Balaban J connectivity index is 1.59. The molecular formula is C24H32N4O8. The van der Waals surface area contributed by atoms with Gasteiger partial charge in [-0.05, 0) is 24.3 Å². The monoisotopic (exact) mass is 504 g/mol. The van der Waals surface area contributed by atoms with Crippen LogP contribution in [0.4, 0.5) is 22.7 Å². The van der Waals surface area contributed by atoms with E-state index in [1.807, 2.05) is 12.1 Å². The summed E-state index contributed by atoms with van der Waals surface area (Å²) in [7, 11) is 0. The van der Waals surface area contributed by atoms with Crippen LogP contribution < -0.4 is 4.90 Å². The van der Waals surface area contributed by atoms with Crippen molar-refractivity contribution in [3.63, 3.8) is 0 Å². The third-order valence-corrected chi connectivity index (χ3v) is 5.20. The van der Waals surface area contributed by atoms with Gasteiger partial charge in [0.1, 0.15) is 5.69 Å². The summed E-state index contributed by atoms with van der Waals surface area (Å²) in [5.41, 5.74) is 1.51. The summed E-state index contributed by atoms with van der Waals surface area (Å²) in [6.07, 6.45) is 0. The Hall–Kier alpha value is -3.16. The number of anilines is 1. The van der Waals surface area contributed by atoms with Crippen LogP contribution in [-0.2, 0) is 23.7 Å². The van der Waals surface area contributed by atoms with Gasteiger partial charge >= 0.3 is 0 Å². The molecule has 196 valence electrons. The Morgan fingerprint density at radius 3 is 1.47 bits per heavy atom. The molecule has 12 heteroatoms. The second-order valence-electron chi connectivity index (χ2n) is 7.71. The zero-order chi connectivity index (χ0) is 25.4. The number of ether oxygens (including phenoxy) is 5. The highest BCUT2D eigenvalue weighted by molar-refractivity contribution is 5.51. The Labute approximate surface area is 209 Å². The van der Waals surface area contributed by atoms with E-state index in [4.69, 9.17) is 23.7 Å². The smallest absolute Gasteiger partial charge is 0.269 e. The van der Waals surface area contributed by atoms with Crippen LogP contribution in [-0.4, -0.2) is 88.9 Å². The van der Waals surface area contributed by atoms with Crippen molar-refractivity contribution in [2.45, 2.75) is 0 Å². The summed E-state index contributed by atoms with van der Waals surface area (Å²) in [5.74, 6) is 0. The molecule has 0 bridgehead atoms. The largest absolute Gasteiger partial charge is 0.594 e. The van der Waals surface area contributed by atoms with Gasteiger partial charge in [-0.3, -0.25) is 10.1 Å². The SMILES string of the molecule is O=[N+]([O-])c1ccc(N=[N+]([O-])c2ccc(N3CCOCCOCCOCCOCCOCC3)cc2)cc1. The lowest BCUT2D eigenvalue weighted by Gasteiger charge is -2.25. The fourth-order valence-corrected chi connectivity index (χ4v) is 3.30. The maximum absolute atomic E-state index is 12.5. The molecule has 1 fully saturated rings. The summed E-state index contributed by atoms with van der Waals surface area (Å²) in [6, 6.07) is 12.5. The van der Waals surface area contributed by atoms with Crippen LogP contribution in [0.2, 0.25) is 0 Å². The lowest BCUT2D eigenvalue weighted by atomic mass is 10.2. The number of hydrogen-bond acceptors (Lipinski definition) is 10. The van der Waals surface area contributed by atoms with Crippen molar-refractivity contribution in [3.8, 4) is 0 Å². The molecule has 0 radical (unpaired) electrons. The fraction of sp³-hybridized carbons (Fsp3) is 0.500. The molecule has 1 aliphatic rings. The molecule has 0 aromatic heterocycles. The summed E-state index contributed by atoms with van der Waals surface area (Å²) in [5, 5.41) is 27.2. The van der Waals surface area contributed by atoms with Gasteiger partial charge in [-0.1, -0.05) is 4.86 Å². The standard InChI is InChI=1S/C24H32N4O8/c29-27(25-21-1-3-24(4-2-21)28(30)31)23-7-5-22(6-8-23)26-9-11-32-13-15-34-17-19-36-20-18-35-16-14-33-12-10-26/h1-8H,9-20H2. The molecule has 2 aromatic carbocycles. The topological polar surface area (TPSA) is 131 Å². The minimum absolute atomic E-state index is 0.0624. The van der Waals surface area contributed by atoms with Crippen molar-refractivity contribution in [2.24, 2.45) is 5.11 Å². The van der Waals surface area contributed by atoms with Gasteiger partial charge in [0.2, 0.25) is 5.69 Å². The number of nitro benzene ring substituents is 1. The van der Waals surface area contributed by atoms with Crippen molar-refractivity contribution in [1.82, 2.24) is 0 Å². The van der Waals surface area contributed by atoms with Crippen LogP contribution in [0.25, 0.3) is 0 Å². The molecule has 0 amide bonds. The molecule has 0 spiro atoms. The molecule has 0 aliphatic carbocycles. The first-order chi connectivity index (χ1) is 17.6. The van der Waals surface area contributed by atoms with Crippen LogP contribution in [0.5, 0.6) is 0 Å². The van der Waals surface area contributed by atoms with Gasteiger partial charge in [-0.25, -0.2) is 0 Å². The average molecular weight is 505 g/mol. The molecule has 1 heterocycles. The minimum atomic E-state index is -0.504. The van der Waals surface area contributed by atoms with Crippen molar-refractivity contribution < 1.29 is 33.5 Å². The third kappa shape index (κ3) is 9.84. The van der Waals surface area contributed by atoms with E-state index >= 15 is 0 Å². The van der Waals surface area contributed by atoms with Crippen molar-refractivity contribution >= 4 is 22.7 Å². The Kier molecular flexibility index (Phi) is 12.0. The maximum atomic E-state index is 12.5. The highest BCUT2D eigenvalue weighted by atomic mass is 16.6. The summed E-state index contributed by atoms with van der Waals surface area (Å²) >= 11 is 0. The Bertz CT molecular complexity index is 922. The van der Waals surface area contributed by atoms with E-state index in [2.05, 4.69) is 10.0 Å². The molecule has 0 atom stereocenters. The summed E-state index contributed by atoms with van der Waals surface area (Å²) in [6.45, 7) is 6.32. The molecule has 2 aromatic rings. The number of nitrogens with zero attached hydrogens (tertiary/aromatic N) is 4. The lowest BCUT2D eigenvalue weighted by molar-refractivity contribution is -0.435. The Morgan fingerprint density at radius 1 is 0.611 bits per heavy atom. The zero-order valence-corrected chi connectivity index (χ0v) is 20.2. The maximum Gasteiger partial charge on any atom is 0.269 e. The van der Waals surface area contributed by atoms with E-state index < -0.39 is 4.92 Å². The number of benzene rings is 2. The number of hydrogen-bond donors (Lipinski definition) is 0. The predicted octanol–water partition coefficient (Wildman–Crippen LogP) is 3.42. The van der Waals surface area contributed by atoms with Gasteiger partial charge in [0.05, 0.1) is 71.0 Å². The van der Waals surface area contributed by atoms with E-state index in [1.165, 1.54) is 24.3 Å². The highest BCUT2D eigenvalue weighted by Crippen LogP contribution is 2.23. The van der Waals surface area contributed by atoms with Crippen molar-refractivity contribution in [3.05, 3.63) is 63.9 Å². The van der Waals surface area contributed by atoms with Gasteiger partial charge < -0.3 is 33.8 Å². The third-order valence-electron chi connectivity index (χ3n) is 5.20. The van der Waals surface area contributed by atoms with Gasteiger partial charge in [0.15, 0.2) is 0 Å². The summed E-state index contributed by atoms with van der Waals surface area (Å²) < 4.78 is 27.8. The van der Waals surface area contributed by atoms with Gasteiger partial charge in [0.25, 0.3) is 5.69 Å². The molecule has 1 aliphatic heterocycles. The van der Waals surface area contributed by atoms with Gasteiger partial charge in [-0.2, -0.15) is 0 Å². The normalized spacial score (nSPS) is 18.2. The van der Waals surface area contributed by atoms with Crippen LogP contribution in [0.1, 0.15) is 0 Å². The highest BCUT2D eigenvalue weighted by Gasteiger charge is 2.11. The molecule has 0 saturated carbocycles. The molecule has 36 heavy (non-hydrogen) atoms. The second-order valence-corrected chi connectivity index (χ2v) is 7.71. The minimum Gasteiger partial charge on any atom is -0.594 e. The van der Waals surface area contributed by atoms with E-state index in [0.29, 0.717) is 95.4 Å². The van der Waals surface area contributed by atoms with Crippen LogP contribution in [0.15, 0.2) is 53.6 Å². The quantitative estimate of drug-likeness (QED) is 0.266. The number of azo groups is 1. The van der Waals surface area contributed by atoms with Gasteiger partial charge in [0, 0.05) is 48.2 Å². The number of rotatable bonds is 4. The Morgan fingerprint density at radius 2 is 1.03 bits per heavy atom. The first-order valence-electron chi connectivity index (χ1n) is 11.8. The summed E-state index contributed by atoms with van der Waals surface area (Å²) in [4.78, 5) is 12.9. The first kappa shape index (κ1) is 27.4. The first-order valence-corrected chi connectivity index (χ1v) is 11.8. The average Bonchev–Trinajstić information content (AvgIpc) is 2.89. The molecular weight excluding hydrogens is 472 g/mol. The molecule has 3 rings (SSSR count). The van der Waals surface area contributed by atoms with E-state index in [0.717, 1.165) is 5.69 Å². The number of nitro groups is 1. The van der Waals surface area contributed by atoms with Gasteiger partial charge in [-0.15, -0.1) is 0 Å². The molecule has 0 unspecified atom stereocenters. The molecule has 1 saturated heterocycles. The second kappa shape index (κ2) is 15.8. The molecule has 12 nitrogen and oxygen atoms in total. The fourth-order valence-electron chi connectivity index (χ4n) is 3.30. The van der Waals surface area contributed by atoms with Crippen molar-refractivity contribution in [2.75, 3.05) is 84.1 Å². The van der Waals surface area contributed by atoms with E-state index in [1.54, 1.807) is 12.1 Å². The number of non-ortho nitro benzene ring substituents is 1. The lowest BCUT2D eigenvalue weighted by Crippen LogP contribution is -2.31. The van der Waals surface area contributed by atoms with Crippen molar-refractivity contribution in [1.29, 1.82) is 0 Å². The van der Waals surface area contributed by atoms with Crippen LogP contribution in [0, 0.1) is 15.3 Å². The molecule has 0 N–H and O–H groups in total. The predicted molar refractivity (Wildman–Crippen MR) is 131 cm³/mol. The van der Waals surface area contributed by atoms with Crippen LogP contribution >= 0.6 is 0 Å². The van der Waals surface area contributed by atoms with Crippen LogP contribution in [0.3, 0.4) is 0 Å². The van der Waals surface area contributed by atoms with E-state index in [-0.39, 0.29) is 5.69 Å². The van der Waals surface area contributed by atoms with E-state index in [9.17, 15) is 15.3 Å².